The quantitative estimate of drug-likeness (QED) is 0.748. The number of amides is 1. The second-order valence-electron chi connectivity index (χ2n) is 7.27. The van der Waals surface area contributed by atoms with Gasteiger partial charge in [0.2, 0.25) is 5.91 Å². The molecule has 2 fully saturated rings. The summed E-state index contributed by atoms with van der Waals surface area (Å²) < 4.78 is 27.8. The van der Waals surface area contributed by atoms with Crippen LogP contribution >= 0.6 is 22.7 Å². The van der Waals surface area contributed by atoms with E-state index in [1.165, 1.54) is 20.5 Å². The molecule has 0 saturated carbocycles. The zero-order chi connectivity index (χ0) is 19.0. The predicted octanol–water partition coefficient (Wildman–Crippen LogP) is 3.88. The van der Waals surface area contributed by atoms with Gasteiger partial charge in [-0.2, -0.15) is 4.31 Å². The molecule has 4 heterocycles. The molecule has 0 N–H and O–H groups in total. The lowest BCUT2D eigenvalue weighted by molar-refractivity contribution is -0.137. The minimum Gasteiger partial charge on any atom is -0.335 e. The summed E-state index contributed by atoms with van der Waals surface area (Å²) in [6.45, 7) is 3.47. The van der Waals surface area contributed by atoms with Crippen molar-refractivity contribution in [3.05, 3.63) is 39.4 Å². The lowest BCUT2D eigenvalue weighted by atomic mass is 9.97. The Morgan fingerprint density at radius 1 is 1.15 bits per heavy atom. The van der Waals surface area contributed by atoms with Gasteiger partial charge >= 0.3 is 0 Å². The standard InChI is InChI=1S/C19H24N2O3S3/c1-14-8-9-18(26-14)27(23,24)20-10-2-5-15(13-20)19(22)21-11-3-6-16(21)17-7-4-12-25-17/h4,7-9,12,15-16H,2-3,5-6,10-11,13H2,1H3/t15-,16+/m0/s1. The molecule has 2 saturated heterocycles. The smallest absolute Gasteiger partial charge is 0.252 e. The number of carbonyl (C=O) groups is 1. The third-order valence-corrected chi connectivity index (χ3v) is 9.76. The van der Waals surface area contributed by atoms with Crippen molar-refractivity contribution in [1.29, 1.82) is 0 Å². The molecule has 27 heavy (non-hydrogen) atoms. The Hall–Kier alpha value is -1.22. The number of piperidine rings is 1. The van der Waals surface area contributed by atoms with Crippen LogP contribution in [0, 0.1) is 12.8 Å². The third-order valence-electron chi connectivity index (χ3n) is 5.45. The highest BCUT2D eigenvalue weighted by Gasteiger charge is 2.39. The normalized spacial score (nSPS) is 24.4. The number of rotatable bonds is 4. The van der Waals surface area contributed by atoms with Gasteiger partial charge in [0.1, 0.15) is 4.21 Å². The van der Waals surface area contributed by atoms with Gasteiger partial charge in [-0.3, -0.25) is 4.79 Å². The second-order valence-corrected chi connectivity index (χ2v) is 11.7. The highest BCUT2D eigenvalue weighted by Crippen LogP contribution is 2.37. The SMILES string of the molecule is Cc1ccc(S(=O)(=O)N2CCC[C@H](C(=O)N3CCC[C@@H]3c3cccs3)C2)s1. The van der Waals surface area contributed by atoms with Crippen LogP contribution in [0.15, 0.2) is 33.9 Å². The fourth-order valence-electron chi connectivity index (χ4n) is 4.08. The van der Waals surface area contributed by atoms with Crippen molar-refractivity contribution >= 4 is 38.6 Å². The van der Waals surface area contributed by atoms with E-state index in [4.69, 9.17) is 0 Å². The Kier molecular flexibility index (Phi) is 5.42. The highest BCUT2D eigenvalue weighted by atomic mass is 32.2. The number of thiophene rings is 2. The first kappa shape index (κ1) is 19.1. The molecular formula is C19H24N2O3S3. The molecule has 5 nitrogen and oxygen atoms in total. The van der Waals surface area contributed by atoms with E-state index in [0.717, 1.165) is 37.1 Å². The van der Waals surface area contributed by atoms with Gasteiger partial charge in [0, 0.05) is 29.4 Å². The molecule has 0 aliphatic carbocycles. The van der Waals surface area contributed by atoms with Gasteiger partial charge in [-0.15, -0.1) is 22.7 Å². The maximum Gasteiger partial charge on any atom is 0.252 e. The zero-order valence-electron chi connectivity index (χ0n) is 15.3. The molecule has 0 aromatic carbocycles. The second kappa shape index (κ2) is 7.66. The molecule has 8 heteroatoms. The summed E-state index contributed by atoms with van der Waals surface area (Å²) in [5.41, 5.74) is 0. The molecule has 2 aromatic heterocycles. The number of carbonyl (C=O) groups excluding carboxylic acids is 1. The van der Waals surface area contributed by atoms with Gasteiger partial charge in [-0.1, -0.05) is 6.07 Å². The molecule has 2 aromatic rings. The minimum absolute atomic E-state index is 0.119. The maximum absolute atomic E-state index is 13.2. The van der Waals surface area contributed by atoms with Crippen molar-refractivity contribution in [2.45, 2.75) is 42.9 Å². The Morgan fingerprint density at radius 3 is 2.67 bits per heavy atom. The van der Waals surface area contributed by atoms with Crippen molar-refractivity contribution in [3.8, 4) is 0 Å². The fraction of sp³-hybridized carbons (Fsp3) is 0.526. The lowest BCUT2D eigenvalue weighted by Crippen LogP contribution is -2.46. The molecule has 146 valence electrons. The van der Waals surface area contributed by atoms with E-state index in [1.54, 1.807) is 17.4 Å². The average molecular weight is 425 g/mol. The van der Waals surface area contributed by atoms with Crippen molar-refractivity contribution in [2.75, 3.05) is 19.6 Å². The van der Waals surface area contributed by atoms with Crippen LogP contribution in [0.5, 0.6) is 0 Å². The summed E-state index contributed by atoms with van der Waals surface area (Å²) in [7, 11) is -3.50. The number of sulfonamides is 1. The Morgan fingerprint density at radius 2 is 1.96 bits per heavy atom. The van der Waals surface area contributed by atoms with E-state index < -0.39 is 10.0 Å². The monoisotopic (exact) mass is 424 g/mol. The summed E-state index contributed by atoms with van der Waals surface area (Å²) in [5.74, 6) is -0.122. The zero-order valence-corrected chi connectivity index (χ0v) is 17.8. The Labute approximate surface area is 168 Å². The van der Waals surface area contributed by atoms with E-state index in [2.05, 4.69) is 6.07 Å². The molecule has 2 aliphatic heterocycles. The third kappa shape index (κ3) is 3.72. The molecule has 0 unspecified atom stereocenters. The Balaban J connectivity index is 1.50. The highest BCUT2D eigenvalue weighted by molar-refractivity contribution is 7.91. The molecule has 0 radical (unpaired) electrons. The molecule has 2 atom stereocenters. The molecule has 4 rings (SSSR count). The number of hydrogen-bond acceptors (Lipinski definition) is 5. The molecule has 0 spiro atoms. The number of likely N-dealkylation sites (tertiary alicyclic amines) is 1. The molecule has 0 bridgehead atoms. The largest absolute Gasteiger partial charge is 0.335 e. The van der Waals surface area contributed by atoms with Crippen LogP contribution in [0.25, 0.3) is 0 Å². The lowest BCUT2D eigenvalue weighted by Gasteiger charge is -2.34. The first-order valence-corrected chi connectivity index (χ1v) is 12.5. The van der Waals surface area contributed by atoms with Gasteiger partial charge in [0.25, 0.3) is 10.0 Å². The Bertz CT molecular complexity index is 905. The van der Waals surface area contributed by atoms with Crippen LogP contribution in [-0.2, 0) is 14.8 Å². The summed E-state index contributed by atoms with van der Waals surface area (Å²) in [6.07, 6.45) is 3.51. The minimum atomic E-state index is -3.50. The first-order valence-electron chi connectivity index (χ1n) is 9.37. The van der Waals surface area contributed by atoms with Crippen LogP contribution in [0.3, 0.4) is 0 Å². The number of aryl methyl sites for hydroxylation is 1. The van der Waals surface area contributed by atoms with Crippen LogP contribution in [0.1, 0.15) is 41.5 Å². The molecule has 1 amide bonds. The van der Waals surface area contributed by atoms with Crippen LogP contribution in [-0.4, -0.2) is 43.2 Å². The van der Waals surface area contributed by atoms with Crippen molar-refractivity contribution in [3.63, 3.8) is 0 Å². The van der Waals surface area contributed by atoms with Gasteiger partial charge < -0.3 is 4.90 Å². The number of hydrogen-bond donors (Lipinski definition) is 0. The average Bonchev–Trinajstić information content (AvgIpc) is 3.41. The molecule has 2 aliphatic rings. The van der Waals surface area contributed by atoms with E-state index in [1.807, 2.05) is 29.3 Å². The summed E-state index contributed by atoms with van der Waals surface area (Å²) in [5, 5.41) is 2.05. The summed E-state index contributed by atoms with van der Waals surface area (Å²) in [6, 6.07) is 7.79. The first-order chi connectivity index (χ1) is 13.0. The topological polar surface area (TPSA) is 57.7 Å². The van der Waals surface area contributed by atoms with Gasteiger partial charge in [-0.25, -0.2) is 8.42 Å². The fourth-order valence-corrected chi connectivity index (χ4v) is 7.92. The summed E-state index contributed by atoms with van der Waals surface area (Å²) >= 11 is 2.99. The summed E-state index contributed by atoms with van der Waals surface area (Å²) in [4.78, 5) is 17.4. The van der Waals surface area contributed by atoms with Crippen LogP contribution in [0.2, 0.25) is 0 Å². The van der Waals surface area contributed by atoms with E-state index in [-0.39, 0.29) is 17.9 Å². The predicted molar refractivity (Wildman–Crippen MR) is 109 cm³/mol. The van der Waals surface area contributed by atoms with Crippen LogP contribution in [0.4, 0.5) is 0 Å². The van der Waals surface area contributed by atoms with Crippen molar-refractivity contribution < 1.29 is 13.2 Å². The van der Waals surface area contributed by atoms with E-state index in [0.29, 0.717) is 17.3 Å². The number of nitrogens with zero attached hydrogens (tertiary/aromatic N) is 2. The van der Waals surface area contributed by atoms with Crippen molar-refractivity contribution in [1.82, 2.24) is 9.21 Å². The maximum atomic E-state index is 13.2. The van der Waals surface area contributed by atoms with Gasteiger partial charge in [0.15, 0.2) is 0 Å². The molecular weight excluding hydrogens is 400 g/mol. The van der Waals surface area contributed by atoms with Crippen LogP contribution < -0.4 is 0 Å². The van der Waals surface area contributed by atoms with E-state index >= 15 is 0 Å². The van der Waals surface area contributed by atoms with Gasteiger partial charge in [-0.05, 0) is 56.2 Å². The van der Waals surface area contributed by atoms with E-state index in [9.17, 15) is 13.2 Å². The van der Waals surface area contributed by atoms with Crippen molar-refractivity contribution in [2.24, 2.45) is 5.92 Å². The van der Waals surface area contributed by atoms with Gasteiger partial charge in [0.05, 0.1) is 12.0 Å².